The largest absolute Gasteiger partial charge is 0.476 e. The second kappa shape index (κ2) is 6.97. The van der Waals surface area contributed by atoms with Crippen LogP contribution in [0.1, 0.15) is 0 Å². The van der Waals surface area contributed by atoms with E-state index in [1.54, 1.807) is 12.1 Å². The number of benzene rings is 2. The third kappa shape index (κ3) is 3.78. The van der Waals surface area contributed by atoms with E-state index >= 15 is 0 Å². The lowest BCUT2D eigenvalue weighted by molar-refractivity contribution is -0.132. The monoisotopic (exact) mass is 363 g/mol. The Morgan fingerprint density at radius 3 is 2.00 bits per heavy atom. The van der Waals surface area contributed by atoms with Gasteiger partial charge in [0.15, 0.2) is 5.70 Å². The summed E-state index contributed by atoms with van der Waals surface area (Å²) in [5.74, 6) is 4.09. The summed E-state index contributed by atoms with van der Waals surface area (Å²) in [6, 6.07) is 15.0. The van der Waals surface area contributed by atoms with Gasteiger partial charge in [-0.15, -0.1) is 0 Å². The molecule has 6 nitrogen and oxygen atoms in total. The van der Waals surface area contributed by atoms with Gasteiger partial charge >= 0.3 is 5.97 Å². The lowest BCUT2D eigenvalue weighted by atomic mass is 10.1. The molecule has 0 spiro atoms. The molecule has 0 saturated heterocycles. The molecule has 0 saturated carbocycles. The SMILES string of the molecule is NN/C(Oc1ccc(-c2ccc(Br)cc2)cc1)=C(\N)C(=O)O. The van der Waals surface area contributed by atoms with Gasteiger partial charge in [-0.25, -0.2) is 10.6 Å². The number of hydrazine groups is 1. The third-order valence-corrected chi connectivity index (χ3v) is 3.39. The number of nitrogens with one attached hydrogen (secondary N) is 1. The highest BCUT2D eigenvalue weighted by Crippen LogP contribution is 2.24. The zero-order valence-corrected chi connectivity index (χ0v) is 13.0. The van der Waals surface area contributed by atoms with Gasteiger partial charge in [0, 0.05) is 4.47 Å². The van der Waals surface area contributed by atoms with E-state index in [4.69, 9.17) is 21.4 Å². The Bertz CT molecular complexity index is 697. The highest BCUT2D eigenvalue weighted by Gasteiger charge is 2.12. The first kappa shape index (κ1) is 15.9. The molecule has 0 amide bonds. The fourth-order valence-corrected chi connectivity index (χ4v) is 2.00. The smallest absolute Gasteiger partial charge is 0.357 e. The predicted molar refractivity (Wildman–Crippen MR) is 86.4 cm³/mol. The molecule has 6 N–H and O–H groups in total. The zero-order chi connectivity index (χ0) is 16.1. The van der Waals surface area contributed by atoms with Crippen LogP contribution >= 0.6 is 15.9 Å². The number of ether oxygens (including phenoxy) is 1. The van der Waals surface area contributed by atoms with Gasteiger partial charge in [0.25, 0.3) is 0 Å². The molecule has 0 bridgehead atoms. The van der Waals surface area contributed by atoms with Crippen molar-refractivity contribution in [1.82, 2.24) is 5.43 Å². The molecule has 0 aliphatic rings. The summed E-state index contributed by atoms with van der Waals surface area (Å²) >= 11 is 3.39. The average molecular weight is 364 g/mol. The molecule has 0 fully saturated rings. The first-order valence-electron chi connectivity index (χ1n) is 6.25. The summed E-state index contributed by atoms with van der Waals surface area (Å²) in [5, 5.41) is 8.81. The Morgan fingerprint density at radius 2 is 1.55 bits per heavy atom. The maximum Gasteiger partial charge on any atom is 0.357 e. The van der Waals surface area contributed by atoms with E-state index in [0.29, 0.717) is 5.75 Å². The molecule has 0 radical (unpaired) electrons. The number of halogens is 1. The molecule has 0 aromatic heterocycles. The Balaban J connectivity index is 2.20. The van der Waals surface area contributed by atoms with E-state index in [2.05, 4.69) is 21.4 Å². The maximum atomic E-state index is 10.8. The molecule has 2 rings (SSSR count). The number of rotatable bonds is 5. The van der Waals surface area contributed by atoms with Crippen molar-refractivity contribution in [2.45, 2.75) is 0 Å². The Labute approximate surface area is 135 Å². The normalized spacial score (nSPS) is 11.5. The number of aliphatic carboxylic acids is 1. The summed E-state index contributed by atoms with van der Waals surface area (Å²) in [5.41, 5.74) is 9.04. The van der Waals surface area contributed by atoms with Gasteiger partial charge in [0.1, 0.15) is 5.75 Å². The van der Waals surface area contributed by atoms with Crippen molar-refractivity contribution in [3.05, 3.63) is 64.6 Å². The fraction of sp³-hybridized carbons (Fsp3) is 0. The van der Waals surface area contributed by atoms with Crippen molar-refractivity contribution in [2.24, 2.45) is 11.6 Å². The van der Waals surface area contributed by atoms with Crippen LogP contribution in [0.15, 0.2) is 64.6 Å². The molecular formula is C15H14BrN3O3. The lowest BCUT2D eigenvalue weighted by Gasteiger charge is -2.11. The third-order valence-electron chi connectivity index (χ3n) is 2.86. The van der Waals surface area contributed by atoms with Gasteiger partial charge in [-0.2, -0.15) is 0 Å². The molecule has 0 unspecified atom stereocenters. The van der Waals surface area contributed by atoms with E-state index in [1.807, 2.05) is 36.4 Å². The van der Waals surface area contributed by atoms with Gasteiger partial charge in [0.2, 0.25) is 5.88 Å². The van der Waals surface area contributed by atoms with Crippen LogP contribution in [0.4, 0.5) is 0 Å². The minimum absolute atomic E-state index is 0.219. The van der Waals surface area contributed by atoms with Crippen molar-refractivity contribution in [3.63, 3.8) is 0 Å². The van der Waals surface area contributed by atoms with Crippen LogP contribution in [-0.2, 0) is 4.79 Å². The van der Waals surface area contributed by atoms with Crippen LogP contribution in [0.5, 0.6) is 5.75 Å². The summed E-state index contributed by atoms with van der Waals surface area (Å²) in [4.78, 5) is 10.8. The number of carbonyl (C=O) groups is 1. The molecule has 0 aliphatic carbocycles. The van der Waals surface area contributed by atoms with Crippen molar-refractivity contribution in [1.29, 1.82) is 0 Å². The summed E-state index contributed by atoms with van der Waals surface area (Å²) in [6.45, 7) is 0. The molecule has 7 heteroatoms. The molecule has 2 aromatic carbocycles. The second-order valence-corrected chi connectivity index (χ2v) is 5.24. The quantitative estimate of drug-likeness (QED) is 0.280. The second-order valence-electron chi connectivity index (χ2n) is 4.33. The standard InChI is InChI=1S/C15H14BrN3O3/c16-11-5-1-9(2-6-11)10-3-7-12(8-4-10)22-14(19-18)13(17)15(20)21/h1-8,19H,17-18H2,(H,20,21)/b14-13+. The number of hydrogen-bond donors (Lipinski definition) is 4. The van der Waals surface area contributed by atoms with Crippen LogP contribution in [0.3, 0.4) is 0 Å². The van der Waals surface area contributed by atoms with Gasteiger partial charge in [-0.3, -0.25) is 5.43 Å². The van der Waals surface area contributed by atoms with Gasteiger partial charge in [0.05, 0.1) is 0 Å². The van der Waals surface area contributed by atoms with Gasteiger partial charge in [-0.05, 0) is 35.4 Å². The molecular weight excluding hydrogens is 350 g/mol. The highest BCUT2D eigenvalue weighted by molar-refractivity contribution is 9.10. The lowest BCUT2D eigenvalue weighted by Crippen LogP contribution is -2.31. The predicted octanol–water partition coefficient (Wildman–Crippen LogP) is 2.17. The Morgan fingerprint density at radius 1 is 1.05 bits per heavy atom. The Kier molecular flexibility index (Phi) is 5.03. The topological polar surface area (TPSA) is 111 Å². The molecule has 0 aliphatic heterocycles. The Hall–Kier alpha value is -2.51. The van der Waals surface area contributed by atoms with Crippen molar-refractivity contribution >= 4 is 21.9 Å². The summed E-state index contributed by atoms with van der Waals surface area (Å²) < 4.78 is 6.33. The van der Waals surface area contributed by atoms with Crippen LogP contribution < -0.4 is 21.7 Å². The van der Waals surface area contributed by atoms with Crippen LogP contribution in [0.25, 0.3) is 11.1 Å². The van der Waals surface area contributed by atoms with Crippen LogP contribution in [0.2, 0.25) is 0 Å². The number of carboxylic acid groups (broad SMARTS) is 1. The average Bonchev–Trinajstić information content (AvgIpc) is 2.53. The van der Waals surface area contributed by atoms with E-state index < -0.39 is 11.7 Å². The molecule has 0 atom stereocenters. The summed E-state index contributed by atoms with van der Waals surface area (Å²) in [7, 11) is 0. The zero-order valence-electron chi connectivity index (χ0n) is 11.4. The molecule has 0 heterocycles. The van der Waals surface area contributed by atoms with Gasteiger partial charge < -0.3 is 15.6 Å². The summed E-state index contributed by atoms with van der Waals surface area (Å²) in [6.07, 6.45) is 0. The molecule has 2 aromatic rings. The van der Waals surface area contributed by atoms with Crippen LogP contribution in [-0.4, -0.2) is 11.1 Å². The number of nitrogens with two attached hydrogens (primary N) is 2. The maximum absolute atomic E-state index is 10.8. The minimum Gasteiger partial charge on any atom is -0.476 e. The van der Waals surface area contributed by atoms with E-state index in [1.165, 1.54) is 0 Å². The van der Waals surface area contributed by atoms with E-state index in [-0.39, 0.29) is 5.88 Å². The van der Waals surface area contributed by atoms with Crippen molar-refractivity contribution < 1.29 is 14.6 Å². The first-order valence-corrected chi connectivity index (χ1v) is 7.04. The van der Waals surface area contributed by atoms with E-state index in [9.17, 15) is 4.79 Å². The number of hydrogen-bond acceptors (Lipinski definition) is 5. The number of carboxylic acids is 1. The van der Waals surface area contributed by atoms with Crippen molar-refractivity contribution in [2.75, 3.05) is 0 Å². The molecule has 22 heavy (non-hydrogen) atoms. The minimum atomic E-state index is -1.32. The van der Waals surface area contributed by atoms with Gasteiger partial charge in [-0.1, -0.05) is 40.2 Å². The fourth-order valence-electron chi connectivity index (χ4n) is 1.73. The molecule has 114 valence electrons. The highest BCUT2D eigenvalue weighted by atomic mass is 79.9. The van der Waals surface area contributed by atoms with Crippen molar-refractivity contribution in [3.8, 4) is 16.9 Å². The first-order chi connectivity index (χ1) is 10.5. The van der Waals surface area contributed by atoms with Crippen LogP contribution in [0, 0.1) is 0 Å². The van der Waals surface area contributed by atoms with E-state index in [0.717, 1.165) is 15.6 Å².